The fourth-order valence-corrected chi connectivity index (χ4v) is 4.83. The van der Waals surface area contributed by atoms with E-state index in [1.165, 1.54) is 31.9 Å². The van der Waals surface area contributed by atoms with Gasteiger partial charge in [-0.05, 0) is 63.3 Å². The third-order valence-electron chi connectivity index (χ3n) is 4.65. The minimum atomic E-state index is -4.02. The maximum Gasteiger partial charge on any atom is 0.324 e. The molecule has 0 radical (unpaired) electrons. The van der Waals surface area contributed by atoms with Gasteiger partial charge in [0.05, 0.1) is 0 Å². The Labute approximate surface area is 168 Å². The molecule has 0 saturated carbocycles. The summed E-state index contributed by atoms with van der Waals surface area (Å²) in [4.78, 5) is 24.0. The average Bonchev–Trinajstić information content (AvgIpc) is 3.25. The number of ether oxygens (including phenoxy) is 1. The number of anilines is 1. The summed E-state index contributed by atoms with van der Waals surface area (Å²) in [6, 6.07) is 4.52. The molecule has 1 aromatic heterocycles. The van der Waals surface area contributed by atoms with Gasteiger partial charge in [-0.25, -0.2) is 8.42 Å². The smallest absolute Gasteiger partial charge is 0.324 e. The zero-order valence-corrected chi connectivity index (χ0v) is 17.3. The maximum absolute atomic E-state index is 12.4. The van der Waals surface area contributed by atoms with Gasteiger partial charge in [-0.3, -0.25) is 9.59 Å². The summed E-state index contributed by atoms with van der Waals surface area (Å²) in [5.74, 6) is -1.26. The Bertz CT molecular complexity index is 1020. The summed E-state index contributed by atoms with van der Waals surface area (Å²) in [6.07, 6.45) is 3.13. The van der Waals surface area contributed by atoms with Gasteiger partial charge in [-0.15, -0.1) is 0 Å². The van der Waals surface area contributed by atoms with Crippen LogP contribution in [0.25, 0.3) is 0 Å². The first kappa shape index (κ1) is 21.0. The summed E-state index contributed by atoms with van der Waals surface area (Å²) in [7, 11) is -4.02. The van der Waals surface area contributed by atoms with Crippen molar-refractivity contribution in [3.05, 3.63) is 40.8 Å². The molecule has 9 nitrogen and oxygen atoms in total. The van der Waals surface area contributed by atoms with E-state index in [-0.39, 0.29) is 16.3 Å². The summed E-state index contributed by atoms with van der Waals surface area (Å²) in [5, 5.41) is 6.27. The van der Waals surface area contributed by atoms with Gasteiger partial charge in [0.25, 0.3) is 5.91 Å². The molecule has 0 saturated heterocycles. The van der Waals surface area contributed by atoms with Crippen molar-refractivity contribution in [2.45, 2.75) is 51.0 Å². The van der Waals surface area contributed by atoms with Gasteiger partial charge in [-0.1, -0.05) is 11.2 Å². The van der Waals surface area contributed by atoms with E-state index < -0.39 is 34.5 Å². The van der Waals surface area contributed by atoms with Crippen LogP contribution >= 0.6 is 0 Å². The molecule has 0 fully saturated rings. The lowest BCUT2D eigenvalue weighted by Gasteiger charge is -2.14. The van der Waals surface area contributed by atoms with Crippen molar-refractivity contribution in [1.29, 1.82) is 0 Å². The quantitative estimate of drug-likeness (QED) is 0.650. The molecule has 1 aliphatic rings. The van der Waals surface area contributed by atoms with E-state index in [1.807, 2.05) is 18.2 Å². The largest absolute Gasteiger partial charge is 0.454 e. The molecule has 10 heteroatoms. The monoisotopic (exact) mass is 421 g/mol. The summed E-state index contributed by atoms with van der Waals surface area (Å²) in [5.41, 5.74) is 3.32. The number of nitrogens with one attached hydrogen (secondary N) is 2. The fourth-order valence-electron chi connectivity index (χ4n) is 3.31. The van der Waals surface area contributed by atoms with Crippen molar-refractivity contribution in [2.24, 2.45) is 0 Å². The molecule has 2 aromatic rings. The lowest BCUT2D eigenvalue weighted by molar-refractivity contribution is -0.148. The Hall–Kier alpha value is -2.72. The number of esters is 1. The van der Waals surface area contributed by atoms with Gasteiger partial charge >= 0.3 is 5.97 Å². The predicted molar refractivity (Wildman–Crippen MR) is 104 cm³/mol. The van der Waals surface area contributed by atoms with Crippen LogP contribution in [0.5, 0.6) is 0 Å². The number of carbonyl (C=O) groups is 2. The first-order valence-corrected chi connectivity index (χ1v) is 10.7. The van der Waals surface area contributed by atoms with Crippen molar-refractivity contribution in [2.75, 3.05) is 11.9 Å². The molecule has 0 unspecified atom stereocenters. The van der Waals surface area contributed by atoms with Crippen molar-refractivity contribution in [3.8, 4) is 0 Å². The van der Waals surface area contributed by atoms with Gasteiger partial charge in [0, 0.05) is 5.69 Å². The Morgan fingerprint density at radius 3 is 2.66 bits per heavy atom. The SMILES string of the molecule is Cc1noc(C)c1S(=O)(=O)N[C@@H](C)C(=O)OCC(=O)Nc1ccc2c(c1)CCC2. The van der Waals surface area contributed by atoms with Crippen LogP contribution in [0.4, 0.5) is 5.69 Å². The van der Waals surface area contributed by atoms with E-state index >= 15 is 0 Å². The van der Waals surface area contributed by atoms with Crippen LogP contribution in [0.2, 0.25) is 0 Å². The molecular formula is C19H23N3O6S. The summed E-state index contributed by atoms with van der Waals surface area (Å²) >= 11 is 0. The number of aromatic nitrogens is 1. The van der Waals surface area contributed by atoms with Gasteiger partial charge < -0.3 is 14.6 Å². The zero-order valence-electron chi connectivity index (χ0n) is 16.4. The molecule has 1 heterocycles. The number of rotatable bonds is 7. The highest BCUT2D eigenvalue weighted by Gasteiger charge is 2.29. The fraction of sp³-hybridized carbons (Fsp3) is 0.421. The third-order valence-corrected chi connectivity index (χ3v) is 6.43. The molecule has 1 atom stereocenters. The topological polar surface area (TPSA) is 128 Å². The molecule has 0 bridgehead atoms. The standard InChI is InChI=1S/C19H23N3O6S/c1-11-18(13(3)28-21-11)29(25,26)22-12(2)19(24)27-10-17(23)20-16-8-7-14-5-4-6-15(14)9-16/h7-9,12,22H,4-6,10H2,1-3H3,(H,20,23)/t12-/m0/s1. The highest BCUT2D eigenvalue weighted by Crippen LogP contribution is 2.24. The average molecular weight is 421 g/mol. The number of fused-ring (bicyclic) bond motifs is 1. The van der Waals surface area contributed by atoms with Gasteiger partial charge in [0.1, 0.15) is 16.6 Å². The Kier molecular flexibility index (Phi) is 6.04. The molecular weight excluding hydrogens is 398 g/mol. The molecule has 156 valence electrons. The molecule has 3 rings (SSSR count). The van der Waals surface area contributed by atoms with E-state index in [9.17, 15) is 18.0 Å². The van der Waals surface area contributed by atoms with Gasteiger partial charge in [0.2, 0.25) is 10.0 Å². The Morgan fingerprint density at radius 1 is 1.24 bits per heavy atom. The second-order valence-corrected chi connectivity index (χ2v) is 8.64. The molecule has 0 aliphatic heterocycles. The highest BCUT2D eigenvalue weighted by atomic mass is 32.2. The number of amides is 1. The van der Waals surface area contributed by atoms with E-state index in [0.29, 0.717) is 5.69 Å². The minimum Gasteiger partial charge on any atom is -0.454 e. The van der Waals surface area contributed by atoms with E-state index in [2.05, 4.69) is 15.2 Å². The second kappa shape index (κ2) is 8.34. The van der Waals surface area contributed by atoms with Crippen LogP contribution in [0.1, 0.15) is 35.9 Å². The number of hydrogen-bond acceptors (Lipinski definition) is 7. The summed E-state index contributed by atoms with van der Waals surface area (Å²) in [6.45, 7) is 3.75. The number of hydrogen-bond donors (Lipinski definition) is 2. The lowest BCUT2D eigenvalue weighted by Crippen LogP contribution is -2.40. The normalized spacial score (nSPS) is 14.3. The molecule has 2 N–H and O–H groups in total. The van der Waals surface area contributed by atoms with E-state index in [4.69, 9.17) is 9.26 Å². The zero-order chi connectivity index (χ0) is 21.2. The van der Waals surface area contributed by atoms with Crippen molar-refractivity contribution >= 4 is 27.6 Å². The second-order valence-electron chi connectivity index (χ2n) is 6.99. The van der Waals surface area contributed by atoms with Gasteiger partial charge in [-0.2, -0.15) is 4.72 Å². The first-order valence-electron chi connectivity index (χ1n) is 9.21. The first-order chi connectivity index (χ1) is 13.7. The van der Waals surface area contributed by atoms with Crippen LogP contribution in [0, 0.1) is 13.8 Å². The van der Waals surface area contributed by atoms with Crippen LogP contribution in [0.3, 0.4) is 0 Å². The van der Waals surface area contributed by atoms with Gasteiger partial charge in [0.15, 0.2) is 12.4 Å². The van der Waals surface area contributed by atoms with Crippen molar-refractivity contribution < 1.29 is 27.3 Å². The van der Waals surface area contributed by atoms with Crippen LogP contribution in [0.15, 0.2) is 27.6 Å². The Balaban J connectivity index is 1.52. The molecule has 1 aromatic carbocycles. The predicted octanol–water partition coefficient (Wildman–Crippen LogP) is 1.63. The number of benzene rings is 1. The van der Waals surface area contributed by atoms with Crippen LogP contribution < -0.4 is 10.0 Å². The number of sulfonamides is 1. The third kappa shape index (κ3) is 4.83. The van der Waals surface area contributed by atoms with Crippen LogP contribution in [-0.4, -0.2) is 38.1 Å². The molecule has 1 aliphatic carbocycles. The number of nitrogens with zero attached hydrogens (tertiary/aromatic N) is 1. The van der Waals surface area contributed by atoms with Crippen molar-refractivity contribution in [1.82, 2.24) is 9.88 Å². The Morgan fingerprint density at radius 2 is 1.97 bits per heavy atom. The lowest BCUT2D eigenvalue weighted by atomic mass is 10.1. The van der Waals surface area contributed by atoms with Crippen LogP contribution in [-0.2, 0) is 37.2 Å². The minimum absolute atomic E-state index is 0.115. The van der Waals surface area contributed by atoms with Crippen molar-refractivity contribution in [3.63, 3.8) is 0 Å². The molecule has 0 spiro atoms. The molecule has 29 heavy (non-hydrogen) atoms. The number of carbonyl (C=O) groups excluding carboxylic acids is 2. The highest BCUT2D eigenvalue weighted by molar-refractivity contribution is 7.89. The summed E-state index contributed by atoms with van der Waals surface area (Å²) < 4.78 is 36.8. The molecule has 1 amide bonds. The van der Waals surface area contributed by atoms with E-state index in [1.54, 1.807) is 0 Å². The maximum atomic E-state index is 12.4. The number of aryl methyl sites for hydroxylation is 4. The van der Waals surface area contributed by atoms with E-state index in [0.717, 1.165) is 19.3 Å².